The molecule has 28 heavy (non-hydrogen) atoms. The van der Waals surface area contributed by atoms with E-state index in [-0.39, 0.29) is 0 Å². The van der Waals surface area contributed by atoms with Crippen molar-refractivity contribution in [3.63, 3.8) is 0 Å². The highest BCUT2D eigenvalue weighted by Gasteiger charge is 2.44. The van der Waals surface area contributed by atoms with Crippen LogP contribution in [0.25, 0.3) is 11.2 Å². The van der Waals surface area contributed by atoms with E-state index in [9.17, 15) is 15.3 Å². The minimum absolute atomic E-state index is 0.398. The van der Waals surface area contributed by atoms with Gasteiger partial charge in [0.2, 0.25) is 0 Å². The van der Waals surface area contributed by atoms with E-state index >= 15 is 0 Å². The van der Waals surface area contributed by atoms with Crippen LogP contribution >= 0.6 is 0 Å². The predicted octanol–water partition coefficient (Wildman–Crippen LogP) is 0.0585. The summed E-state index contributed by atoms with van der Waals surface area (Å²) in [5.41, 5.74) is 1.99. The molecule has 2 aromatic heterocycles. The number of hydrogen-bond donors (Lipinski definition) is 4. The molecule has 0 bridgehead atoms. The molecule has 3 aromatic rings. The van der Waals surface area contributed by atoms with Crippen molar-refractivity contribution in [2.45, 2.75) is 31.1 Å². The van der Waals surface area contributed by atoms with Crippen LogP contribution in [0.4, 0.5) is 5.82 Å². The summed E-state index contributed by atoms with van der Waals surface area (Å²) in [6.45, 7) is 0.127. The lowest BCUT2D eigenvalue weighted by molar-refractivity contribution is -0.0511. The summed E-state index contributed by atoms with van der Waals surface area (Å²) in [5, 5.41) is 32.7. The molecular formula is C18H21N5O5. The Kier molecular flexibility index (Phi) is 5.09. The summed E-state index contributed by atoms with van der Waals surface area (Å²) in [5.74, 6) is 1.32. The SMILES string of the molecule is COc1ccc(CNc2ncnc3c2ncn3[C@@H]2O[C@H](CO)[C@H](O)[C@@H]2O)cc1. The Bertz CT molecular complexity index is 947. The average Bonchev–Trinajstić information content (AvgIpc) is 3.28. The van der Waals surface area contributed by atoms with Gasteiger partial charge in [0, 0.05) is 6.54 Å². The third-order valence-corrected chi connectivity index (χ3v) is 4.77. The molecule has 4 atom stereocenters. The van der Waals surface area contributed by atoms with Gasteiger partial charge in [0.15, 0.2) is 23.2 Å². The minimum Gasteiger partial charge on any atom is -0.497 e. The normalized spacial score (nSPS) is 24.6. The highest BCUT2D eigenvalue weighted by molar-refractivity contribution is 5.82. The van der Waals surface area contributed by atoms with Gasteiger partial charge in [-0.25, -0.2) is 15.0 Å². The predicted molar refractivity (Wildman–Crippen MR) is 98.7 cm³/mol. The quantitative estimate of drug-likeness (QED) is 0.463. The second-order valence-electron chi connectivity index (χ2n) is 6.48. The number of nitrogens with zero attached hydrogens (tertiary/aromatic N) is 4. The molecule has 10 heteroatoms. The number of methoxy groups -OCH3 is 1. The number of benzene rings is 1. The lowest BCUT2D eigenvalue weighted by atomic mass is 10.1. The highest BCUT2D eigenvalue weighted by Crippen LogP contribution is 2.32. The van der Waals surface area contributed by atoms with Gasteiger partial charge in [-0.3, -0.25) is 4.57 Å². The Morgan fingerprint density at radius 1 is 1.14 bits per heavy atom. The van der Waals surface area contributed by atoms with Crippen molar-refractivity contribution >= 4 is 17.0 Å². The molecular weight excluding hydrogens is 366 g/mol. The summed E-state index contributed by atoms with van der Waals surface area (Å²) in [6.07, 6.45) is -1.31. The first-order chi connectivity index (χ1) is 13.6. The highest BCUT2D eigenvalue weighted by atomic mass is 16.6. The molecule has 148 valence electrons. The second kappa shape index (κ2) is 7.68. The van der Waals surface area contributed by atoms with Crippen LogP contribution < -0.4 is 10.1 Å². The third kappa shape index (κ3) is 3.27. The first kappa shape index (κ1) is 18.6. The Morgan fingerprint density at radius 3 is 2.61 bits per heavy atom. The smallest absolute Gasteiger partial charge is 0.167 e. The van der Waals surface area contributed by atoms with E-state index in [2.05, 4.69) is 20.3 Å². The van der Waals surface area contributed by atoms with E-state index in [0.29, 0.717) is 23.5 Å². The fourth-order valence-electron chi connectivity index (χ4n) is 3.21. The Morgan fingerprint density at radius 2 is 1.93 bits per heavy atom. The van der Waals surface area contributed by atoms with Crippen molar-refractivity contribution in [3.8, 4) is 5.75 Å². The lowest BCUT2D eigenvalue weighted by Gasteiger charge is -2.16. The zero-order valence-electron chi connectivity index (χ0n) is 15.1. The number of imidazole rings is 1. The van der Waals surface area contributed by atoms with Gasteiger partial charge in [0.1, 0.15) is 30.4 Å². The van der Waals surface area contributed by atoms with Crippen molar-refractivity contribution in [2.24, 2.45) is 0 Å². The number of anilines is 1. The van der Waals surface area contributed by atoms with Crippen molar-refractivity contribution in [3.05, 3.63) is 42.5 Å². The number of nitrogens with one attached hydrogen (secondary N) is 1. The Balaban J connectivity index is 1.56. The number of fused-ring (bicyclic) bond motifs is 1. The van der Waals surface area contributed by atoms with Gasteiger partial charge < -0.3 is 30.1 Å². The maximum atomic E-state index is 10.3. The zero-order valence-corrected chi connectivity index (χ0v) is 15.1. The number of rotatable bonds is 6. The van der Waals surface area contributed by atoms with Gasteiger partial charge in [0.25, 0.3) is 0 Å². The molecule has 1 aromatic carbocycles. The molecule has 10 nitrogen and oxygen atoms in total. The number of aromatic nitrogens is 4. The lowest BCUT2D eigenvalue weighted by Crippen LogP contribution is -2.33. The third-order valence-electron chi connectivity index (χ3n) is 4.77. The first-order valence-corrected chi connectivity index (χ1v) is 8.79. The van der Waals surface area contributed by atoms with E-state index in [1.807, 2.05) is 24.3 Å². The molecule has 0 spiro atoms. The molecule has 1 fully saturated rings. The van der Waals surface area contributed by atoms with Crippen LogP contribution in [-0.4, -0.2) is 66.9 Å². The molecule has 1 saturated heterocycles. The largest absolute Gasteiger partial charge is 0.497 e. The van der Waals surface area contributed by atoms with E-state index in [1.54, 1.807) is 7.11 Å². The van der Waals surface area contributed by atoms with Gasteiger partial charge in [-0.15, -0.1) is 0 Å². The van der Waals surface area contributed by atoms with Gasteiger partial charge in [-0.2, -0.15) is 0 Å². The van der Waals surface area contributed by atoms with Crippen LogP contribution in [0.3, 0.4) is 0 Å². The number of aliphatic hydroxyl groups is 3. The summed E-state index contributed by atoms with van der Waals surface area (Å²) in [7, 11) is 1.62. The fraction of sp³-hybridized carbons (Fsp3) is 0.389. The first-order valence-electron chi connectivity index (χ1n) is 8.79. The number of ether oxygens (including phenoxy) is 2. The van der Waals surface area contributed by atoms with E-state index < -0.39 is 31.1 Å². The van der Waals surface area contributed by atoms with Crippen LogP contribution in [0.2, 0.25) is 0 Å². The molecule has 3 heterocycles. The Labute approximate surface area is 160 Å². The van der Waals surface area contributed by atoms with Crippen LogP contribution in [0.15, 0.2) is 36.9 Å². The standard InChI is InChI=1S/C18H21N5O5/c1-27-11-4-2-10(3-5-11)6-19-16-13-17(21-8-20-16)23(9-22-13)18-15(26)14(25)12(7-24)28-18/h2-5,8-9,12,14-15,18,24-26H,6-7H2,1H3,(H,19,20,21)/t12-,14+,15+,18-/m1/s1. The maximum absolute atomic E-state index is 10.3. The maximum Gasteiger partial charge on any atom is 0.167 e. The van der Waals surface area contributed by atoms with Crippen molar-refractivity contribution < 1.29 is 24.8 Å². The van der Waals surface area contributed by atoms with Gasteiger partial charge in [-0.1, -0.05) is 12.1 Å². The topological polar surface area (TPSA) is 135 Å². The number of hydrogen-bond acceptors (Lipinski definition) is 9. The summed E-state index contributed by atoms with van der Waals surface area (Å²) in [6, 6.07) is 7.65. The van der Waals surface area contributed by atoms with E-state index in [0.717, 1.165) is 11.3 Å². The summed E-state index contributed by atoms with van der Waals surface area (Å²) < 4.78 is 12.2. The van der Waals surface area contributed by atoms with Crippen LogP contribution in [0, 0.1) is 0 Å². The van der Waals surface area contributed by atoms with Crippen molar-refractivity contribution in [1.29, 1.82) is 0 Å². The zero-order chi connectivity index (χ0) is 19.7. The fourth-order valence-corrected chi connectivity index (χ4v) is 3.21. The number of aliphatic hydroxyl groups excluding tert-OH is 3. The Hall–Kier alpha value is -2.79. The molecule has 0 radical (unpaired) electrons. The molecule has 0 amide bonds. The van der Waals surface area contributed by atoms with Gasteiger partial charge >= 0.3 is 0 Å². The molecule has 1 aliphatic rings. The molecule has 0 aliphatic carbocycles. The minimum atomic E-state index is -1.21. The van der Waals surface area contributed by atoms with Crippen LogP contribution in [0.1, 0.15) is 11.8 Å². The van der Waals surface area contributed by atoms with Gasteiger partial charge in [0.05, 0.1) is 20.0 Å². The van der Waals surface area contributed by atoms with Crippen LogP contribution in [-0.2, 0) is 11.3 Å². The average molecular weight is 387 g/mol. The van der Waals surface area contributed by atoms with Crippen molar-refractivity contribution in [1.82, 2.24) is 19.5 Å². The molecule has 0 unspecified atom stereocenters. The summed E-state index contributed by atoms with van der Waals surface area (Å²) in [4.78, 5) is 12.8. The van der Waals surface area contributed by atoms with E-state index in [1.165, 1.54) is 17.2 Å². The molecule has 4 N–H and O–H groups in total. The molecule has 4 rings (SSSR count). The second-order valence-corrected chi connectivity index (χ2v) is 6.48. The monoisotopic (exact) mass is 387 g/mol. The summed E-state index contributed by atoms with van der Waals surface area (Å²) >= 11 is 0. The molecule has 1 aliphatic heterocycles. The molecule has 0 saturated carbocycles. The van der Waals surface area contributed by atoms with E-state index in [4.69, 9.17) is 9.47 Å². The van der Waals surface area contributed by atoms with Crippen molar-refractivity contribution in [2.75, 3.05) is 19.0 Å². The van der Waals surface area contributed by atoms with Gasteiger partial charge in [-0.05, 0) is 17.7 Å². The van der Waals surface area contributed by atoms with Crippen LogP contribution in [0.5, 0.6) is 5.75 Å².